The molecule has 10 aromatic carbocycles. The van der Waals surface area contributed by atoms with Gasteiger partial charge in [0.05, 0.1) is 61.3 Å². The van der Waals surface area contributed by atoms with Crippen molar-refractivity contribution in [2.45, 2.75) is 46.0 Å². The number of hydrogen-bond donors (Lipinski definition) is 0. The predicted molar refractivity (Wildman–Crippen MR) is 430 cm³/mol. The van der Waals surface area contributed by atoms with Gasteiger partial charge in [-0.1, -0.05) is 164 Å². The molecule has 0 radical (unpaired) electrons. The van der Waals surface area contributed by atoms with Gasteiger partial charge in [-0.3, -0.25) is 24.9 Å². The molecule has 15 aromatic rings. The number of aromatic nitrogens is 5. The van der Waals surface area contributed by atoms with Gasteiger partial charge in [0, 0.05) is 65.2 Å². The molecule has 0 amide bonds. The minimum Gasteiger partial charge on any atom is -0.256 e. The van der Waals surface area contributed by atoms with Crippen LogP contribution in [-0.2, 0) is 32.1 Å². The van der Waals surface area contributed by atoms with Gasteiger partial charge in [0.25, 0.3) is 0 Å². The van der Waals surface area contributed by atoms with E-state index in [2.05, 4.69) is 117 Å². The third-order valence-corrected chi connectivity index (χ3v) is 21.0. The molecule has 0 bridgehead atoms. The van der Waals surface area contributed by atoms with E-state index in [1.54, 1.807) is 36.8 Å². The summed E-state index contributed by atoms with van der Waals surface area (Å²) in [6.07, 6.45) is 12.5. The van der Waals surface area contributed by atoms with Gasteiger partial charge in [0.15, 0.2) is 11.4 Å². The molecule has 13 heteroatoms. The number of nitrogens with zero attached hydrogens (tertiary/aromatic N) is 10. The van der Waals surface area contributed by atoms with Crippen LogP contribution in [0, 0.1) is 64.2 Å². The Labute approximate surface area is 635 Å². The van der Waals surface area contributed by atoms with E-state index in [0.717, 1.165) is 142 Å². The van der Waals surface area contributed by atoms with Crippen molar-refractivity contribution in [2.75, 3.05) is 0 Å². The van der Waals surface area contributed by atoms with Gasteiger partial charge in [0.1, 0.15) is 17.5 Å². The van der Waals surface area contributed by atoms with E-state index in [4.69, 9.17) is 32.9 Å². The second kappa shape index (κ2) is 30.0. The Morgan fingerprint density at radius 3 is 0.982 bits per heavy atom. The molecule has 10 nitrogen and oxygen atoms in total. The molecule has 0 spiro atoms. The van der Waals surface area contributed by atoms with Crippen LogP contribution >= 0.6 is 0 Å². The van der Waals surface area contributed by atoms with E-state index in [-0.39, 0.29) is 17.1 Å². The zero-order valence-corrected chi connectivity index (χ0v) is 59.6. The summed E-state index contributed by atoms with van der Waals surface area (Å²) < 4.78 is 42.2. The Kier molecular flexibility index (Phi) is 19.0. The monoisotopic (exact) mass is 1420 g/mol. The number of fused-ring (bicyclic) bond motifs is 15. The number of halogens is 3. The van der Waals surface area contributed by atoms with Gasteiger partial charge in [-0.05, 0) is 241 Å². The number of benzene rings is 10. The molecule has 0 N–H and O–H groups in total. The van der Waals surface area contributed by atoms with E-state index in [1.165, 1.54) is 67.8 Å². The van der Waals surface area contributed by atoms with E-state index in [0.29, 0.717) is 24.8 Å². The molecule has 20 rings (SSSR count). The van der Waals surface area contributed by atoms with Gasteiger partial charge < -0.3 is 0 Å². The normalized spacial score (nSPS) is 11.6. The second-order valence-electron chi connectivity index (χ2n) is 27.0. The summed E-state index contributed by atoms with van der Waals surface area (Å²) in [5.41, 5.74) is 36.1. The lowest BCUT2D eigenvalue weighted by molar-refractivity contribution is 0.622. The smallest absolute Gasteiger partial charge is 0.226 e. The average Bonchev–Trinajstić information content (AvgIpc) is 1.64. The van der Waals surface area contributed by atoms with Crippen LogP contribution in [-0.4, -0.2) is 24.9 Å². The van der Waals surface area contributed by atoms with Gasteiger partial charge in [0.2, 0.25) is 17.1 Å². The van der Waals surface area contributed by atoms with Crippen molar-refractivity contribution < 1.29 is 13.2 Å². The highest BCUT2D eigenvalue weighted by Gasteiger charge is 2.31. The van der Waals surface area contributed by atoms with Crippen molar-refractivity contribution in [1.29, 1.82) is 0 Å². The number of hydrogen-bond acceptors (Lipinski definition) is 5. The molecule has 0 saturated carbocycles. The van der Waals surface area contributed by atoms with Crippen LogP contribution in [0.2, 0.25) is 0 Å². The fourth-order valence-corrected chi connectivity index (χ4v) is 15.8. The Hall–Kier alpha value is -14.8. The number of rotatable bonds is 5. The molecule has 5 aliphatic carbocycles. The SMILES string of the molecule is [C-]#[N+]c1c(F)ccc2c1Cc1c(-c3ccccn3)cccc1-2.[C-]#[N+]c1cc2c(cc1C)-c1cccc(-c3ccccn3)c1C2.[C-]#[N+]c1cc2c(cc1F)-c1cccc(-c3ccccn3)c1C2.[C-]#[N+]c1ccc2c(c1C)Cc1c(-c3ccccn3)cccc1-2.[C-]#[N+]c1ccc2c(c1F)Cc1c(-c3ccccn3)cccc1-2. The molecule has 5 aromatic heterocycles. The average molecular weight is 1420 g/mol. The molecule has 0 unspecified atom stereocenters. The van der Waals surface area contributed by atoms with Crippen molar-refractivity contribution in [1.82, 2.24) is 24.9 Å². The lowest BCUT2D eigenvalue weighted by Crippen LogP contribution is -1.91. The van der Waals surface area contributed by atoms with Crippen LogP contribution in [0.25, 0.3) is 136 Å². The summed E-state index contributed by atoms with van der Waals surface area (Å²) in [4.78, 5) is 39.4. The topological polar surface area (TPSA) is 86.2 Å². The second-order valence-corrected chi connectivity index (χ2v) is 27.0. The van der Waals surface area contributed by atoms with Crippen LogP contribution in [0.5, 0.6) is 0 Å². The van der Waals surface area contributed by atoms with Gasteiger partial charge in [-0.25, -0.2) is 37.4 Å². The molecule has 0 fully saturated rings. The largest absolute Gasteiger partial charge is 0.256 e. The van der Waals surface area contributed by atoms with Crippen LogP contribution in [0.3, 0.4) is 0 Å². The Balaban J connectivity index is 0.000000104. The van der Waals surface area contributed by atoms with E-state index in [9.17, 15) is 13.2 Å². The molecule has 5 aliphatic rings. The minimum absolute atomic E-state index is 0.0888. The highest BCUT2D eigenvalue weighted by molar-refractivity contribution is 5.91. The highest BCUT2D eigenvalue weighted by Crippen LogP contribution is 2.50. The first-order chi connectivity index (χ1) is 53.9. The maximum Gasteiger partial charge on any atom is 0.226 e. The van der Waals surface area contributed by atoms with Gasteiger partial charge >= 0.3 is 0 Å². The fourth-order valence-electron chi connectivity index (χ4n) is 15.8. The lowest BCUT2D eigenvalue weighted by atomic mass is 9.98. The summed E-state index contributed by atoms with van der Waals surface area (Å²) in [5.74, 6) is -1.29. The molecule has 110 heavy (non-hydrogen) atoms. The van der Waals surface area contributed by atoms with Crippen LogP contribution < -0.4 is 0 Å². The van der Waals surface area contributed by atoms with Crippen LogP contribution in [0.1, 0.15) is 66.8 Å². The van der Waals surface area contributed by atoms with E-state index >= 15 is 0 Å². The molecular formula is C97H61F3N10. The first-order valence-corrected chi connectivity index (χ1v) is 35.7. The van der Waals surface area contributed by atoms with Crippen molar-refractivity contribution in [3.05, 3.63) is 415 Å². The zero-order valence-electron chi connectivity index (χ0n) is 59.6. The first-order valence-electron chi connectivity index (χ1n) is 35.7. The summed E-state index contributed by atoms with van der Waals surface area (Å²) in [6.45, 7) is 40.0. The molecule has 5 heterocycles. The van der Waals surface area contributed by atoms with Crippen molar-refractivity contribution in [3.8, 4) is 112 Å². The Bertz CT molecular complexity index is 6070. The van der Waals surface area contributed by atoms with Crippen molar-refractivity contribution >= 4 is 28.4 Å². The van der Waals surface area contributed by atoms with Crippen molar-refractivity contribution in [3.63, 3.8) is 0 Å². The van der Waals surface area contributed by atoms with E-state index < -0.39 is 17.5 Å². The van der Waals surface area contributed by atoms with Gasteiger partial charge in [-0.2, -0.15) is 0 Å². The predicted octanol–water partition coefficient (Wildman–Crippen LogP) is 25.4. The maximum atomic E-state index is 14.4. The summed E-state index contributed by atoms with van der Waals surface area (Å²) in [7, 11) is 0. The molecule has 520 valence electrons. The maximum absolute atomic E-state index is 14.4. The van der Waals surface area contributed by atoms with Crippen molar-refractivity contribution in [2.24, 2.45) is 0 Å². The van der Waals surface area contributed by atoms with Crippen LogP contribution in [0.15, 0.2) is 274 Å². The quantitative estimate of drug-likeness (QED) is 0.160. The molecule has 0 aliphatic heterocycles. The first kappa shape index (κ1) is 69.6. The van der Waals surface area contributed by atoms with E-state index in [1.807, 2.05) is 171 Å². The molecule has 0 atom stereocenters. The third kappa shape index (κ3) is 12.9. The standard InChI is InChI=1S/2C20H14N2.3C19H11FN2/c1-13-17-12-18-14(15(17)9-10-19(13)21-2)6-5-7-16(18)20-8-3-4-11-22-20;1-13-10-17-14(12-20(13)21-2)11-18-15(17)6-5-7-16(18)19-8-3-4-9-22-19;1-21-19-16-11-15-12(13(16)8-9-17(19)20)5-4-6-14(15)18-7-2-3-10-22-18;1-21-18-9-8-13-12-5-4-6-14(17-7-2-3-10-22-17)15(12)11-16(13)19(18)20;1-21-19-10-12-9-16-13(15(12)11-17(19)20)5-4-6-14(16)18-7-2-3-8-22-18/h3-11H,12H2,1H3;3-10,12H,11H2,1H3;2*2-10H,11H2;2-8,10-11H,9H2. The summed E-state index contributed by atoms with van der Waals surface area (Å²) in [6, 6.07) is 78.2. The third-order valence-electron chi connectivity index (χ3n) is 21.0. The summed E-state index contributed by atoms with van der Waals surface area (Å²) in [5, 5.41) is 0. The highest BCUT2D eigenvalue weighted by atomic mass is 19.1. The van der Waals surface area contributed by atoms with Gasteiger partial charge in [-0.15, -0.1) is 0 Å². The molecular weight excluding hydrogens is 1360 g/mol. The Morgan fingerprint density at radius 1 is 0.255 bits per heavy atom. The zero-order chi connectivity index (χ0) is 75.5. The number of pyridine rings is 5. The Morgan fingerprint density at radius 2 is 0.582 bits per heavy atom. The minimum atomic E-state index is -0.454. The number of aryl methyl sites for hydroxylation is 1. The fraction of sp³-hybridized carbons (Fsp3) is 0.0722. The van der Waals surface area contributed by atoms with Crippen LogP contribution in [0.4, 0.5) is 41.6 Å². The molecule has 0 saturated heterocycles. The lowest BCUT2D eigenvalue weighted by Gasteiger charge is -2.08. The summed E-state index contributed by atoms with van der Waals surface area (Å²) >= 11 is 0.